The van der Waals surface area contributed by atoms with E-state index in [1.165, 1.54) is 12.8 Å². The first-order valence-corrected chi connectivity index (χ1v) is 10.9. The van der Waals surface area contributed by atoms with Crippen LogP contribution in [-0.2, 0) is 14.8 Å². The molecule has 8 nitrogen and oxygen atoms in total. The maximum Gasteiger partial charge on any atom is 0.317 e. The number of hydrogen-bond acceptors (Lipinski definition) is 6. The molecule has 27 heavy (non-hydrogen) atoms. The Bertz CT molecular complexity index is 773. The number of sulfonamides is 1. The number of hydrogen-bond donors (Lipinski definition) is 3. The molecule has 2 saturated carbocycles. The van der Waals surface area contributed by atoms with E-state index in [9.17, 15) is 13.2 Å². The Morgan fingerprint density at radius 2 is 2.07 bits per heavy atom. The van der Waals surface area contributed by atoms with Crippen LogP contribution in [0.4, 0.5) is 5.82 Å². The van der Waals surface area contributed by atoms with Crippen LogP contribution in [-0.4, -0.2) is 60.6 Å². The fourth-order valence-electron chi connectivity index (χ4n) is 3.44. The number of carboxylic acid groups (broad SMARTS) is 1. The second kappa shape index (κ2) is 8.12. The molecule has 0 unspecified atom stereocenters. The number of nitrogens with zero attached hydrogens (tertiary/aromatic N) is 2. The fourth-order valence-corrected chi connectivity index (χ4v) is 4.81. The predicted molar refractivity (Wildman–Crippen MR) is 102 cm³/mol. The van der Waals surface area contributed by atoms with Crippen molar-refractivity contribution in [3.8, 4) is 0 Å². The highest BCUT2D eigenvalue weighted by Crippen LogP contribution is 2.35. The molecule has 3 rings (SSSR count). The van der Waals surface area contributed by atoms with E-state index in [1.54, 1.807) is 32.2 Å². The average molecular weight is 397 g/mol. The number of nitrogens with one attached hydrogen (secondary N) is 2. The van der Waals surface area contributed by atoms with Crippen molar-refractivity contribution in [2.24, 2.45) is 5.92 Å². The molecule has 0 amide bonds. The van der Waals surface area contributed by atoms with Crippen molar-refractivity contribution in [2.45, 2.75) is 62.6 Å². The lowest BCUT2D eigenvalue weighted by Crippen LogP contribution is -2.52. The van der Waals surface area contributed by atoms with Crippen LogP contribution in [0.5, 0.6) is 0 Å². The summed E-state index contributed by atoms with van der Waals surface area (Å²) in [7, 11) is -3.64. The van der Waals surface area contributed by atoms with E-state index < -0.39 is 16.0 Å². The summed E-state index contributed by atoms with van der Waals surface area (Å²) in [5.41, 5.74) is 0. The zero-order valence-corrected chi connectivity index (χ0v) is 16.6. The van der Waals surface area contributed by atoms with Gasteiger partial charge >= 0.3 is 5.97 Å². The van der Waals surface area contributed by atoms with Crippen LogP contribution < -0.4 is 10.0 Å². The normalized spacial score (nSPS) is 22.7. The zero-order valence-electron chi connectivity index (χ0n) is 15.8. The summed E-state index contributed by atoms with van der Waals surface area (Å²) in [4.78, 5) is 17.5. The zero-order chi connectivity index (χ0) is 19.6. The van der Waals surface area contributed by atoms with Crippen LogP contribution in [0.3, 0.4) is 0 Å². The number of pyridine rings is 1. The average Bonchev–Trinajstić information content (AvgIpc) is 3.32. The molecule has 2 fully saturated rings. The Hall–Kier alpha value is -1.71. The van der Waals surface area contributed by atoms with Gasteiger partial charge in [-0.15, -0.1) is 0 Å². The van der Waals surface area contributed by atoms with Gasteiger partial charge in [0.05, 0.1) is 6.54 Å². The van der Waals surface area contributed by atoms with Gasteiger partial charge in [-0.2, -0.15) is 0 Å². The van der Waals surface area contributed by atoms with Crippen LogP contribution in [0, 0.1) is 5.92 Å². The summed E-state index contributed by atoms with van der Waals surface area (Å²) in [6, 6.07) is 3.25. The molecule has 0 atom stereocenters. The minimum atomic E-state index is -3.64. The standard InChI is InChI=1S/C18H28N4O4S/c1-12(2)21-27(25,26)16-4-3-7-19-18(16)20-14-8-15(9-14)22(11-17(23)24)10-13-5-6-13/h3-4,7,12-15,21H,5-6,8-11H2,1-2H3,(H,19,20)(H,23,24). The summed E-state index contributed by atoms with van der Waals surface area (Å²) < 4.78 is 27.6. The third-order valence-electron chi connectivity index (χ3n) is 4.95. The van der Waals surface area contributed by atoms with Crippen molar-refractivity contribution in [1.82, 2.24) is 14.6 Å². The Morgan fingerprint density at radius 3 is 2.67 bits per heavy atom. The number of aliphatic carboxylic acids is 1. The van der Waals surface area contributed by atoms with Crippen molar-refractivity contribution in [3.63, 3.8) is 0 Å². The van der Waals surface area contributed by atoms with Gasteiger partial charge in [0.2, 0.25) is 10.0 Å². The first-order valence-electron chi connectivity index (χ1n) is 9.44. The molecule has 0 bridgehead atoms. The number of aromatic nitrogens is 1. The maximum atomic E-state index is 12.5. The minimum absolute atomic E-state index is 0.0649. The number of rotatable bonds is 10. The first kappa shape index (κ1) is 20.0. The van der Waals surface area contributed by atoms with Gasteiger partial charge in [-0.25, -0.2) is 18.1 Å². The molecule has 9 heteroatoms. The van der Waals surface area contributed by atoms with Gasteiger partial charge < -0.3 is 10.4 Å². The third-order valence-corrected chi connectivity index (χ3v) is 6.64. The van der Waals surface area contributed by atoms with Gasteiger partial charge in [0.1, 0.15) is 10.7 Å². The fraction of sp³-hybridized carbons (Fsp3) is 0.667. The van der Waals surface area contributed by atoms with Crippen molar-refractivity contribution in [1.29, 1.82) is 0 Å². The van der Waals surface area contributed by atoms with Crippen LogP contribution in [0.25, 0.3) is 0 Å². The second-order valence-corrected chi connectivity index (χ2v) is 9.54. The van der Waals surface area contributed by atoms with E-state index in [1.807, 2.05) is 0 Å². The smallest absolute Gasteiger partial charge is 0.317 e. The summed E-state index contributed by atoms with van der Waals surface area (Å²) >= 11 is 0. The quantitative estimate of drug-likeness (QED) is 0.549. The molecule has 1 aromatic rings. The van der Waals surface area contributed by atoms with Gasteiger partial charge in [0.25, 0.3) is 0 Å². The van der Waals surface area contributed by atoms with E-state index in [0.717, 1.165) is 19.4 Å². The van der Waals surface area contributed by atoms with E-state index >= 15 is 0 Å². The monoisotopic (exact) mass is 396 g/mol. The molecular formula is C18H28N4O4S. The highest BCUT2D eigenvalue weighted by atomic mass is 32.2. The van der Waals surface area contributed by atoms with Crippen LogP contribution >= 0.6 is 0 Å². The second-order valence-electron chi connectivity index (χ2n) is 7.86. The minimum Gasteiger partial charge on any atom is -0.480 e. The molecule has 0 radical (unpaired) electrons. The summed E-state index contributed by atoms with van der Waals surface area (Å²) in [5, 5.41) is 12.4. The molecule has 0 saturated heterocycles. The number of anilines is 1. The summed E-state index contributed by atoms with van der Waals surface area (Å²) in [5.74, 6) is 0.178. The molecular weight excluding hydrogens is 368 g/mol. The lowest BCUT2D eigenvalue weighted by molar-refractivity contribution is -0.139. The van der Waals surface area contributed by atoms with Gasteiger partial charge in [-0.05, 0) is 57.6 Å². The maximum absolute atomic E-state index is 12.5. The largest absolute Gasteiger partial charge is 0.480 e. The highest BCUT2D eigenvalue weighted by Gasteiger charge is 2.37. The number of carboxylic acids is 1. The molecule has 1 heterocycles. The SMILES string of the molecule is CC(C)NS(=O)(=O)c1cccnc1NC1CC(N(CC(=O)O)CC2CC2)C1. The van der Waals surface area contributed by atoms with Crippen LogP contribution in [0.2, 0.25) is 0 Å². The Labute approximate surface area is 160 Å². The Kier molecular flexibility index (Phi) is 6.02. The first-order chi connectivity index (χ1) is 12.7. The molecule has 3 N–H and O–H groups in total. The van der Waals surface area contributed by atoms with Gasteiger partial charge in [0, 0.05) is 30.9 Å². The van der Waals surface area contributed by atoms with Gasteiger partial charge in [0.15, 0.2) is 0 Å². The molecule has 0 aromatic carbocycles. The molecule has 0 aliphatic heterocycles. The molecule has 2 aliphatic rings. The van der Waals surface area contributed by atoms with Crippen molar-refractivity contribution in [2.75, 3.05) is 18.4 Å². The lowest BCUT2D eigenvalue weighted by Gasteiger charge is -2.43. The van der Waals surface area contributed by atoms with E-state index in [-0.39, 0.29) is 29.6 Å². The van der Waals surface area contributed by atoms with Gasteiger partial charge in [-0.3, -0.25) is 9.69 Å². The van der Waals surface area contributed by atoms with Gasteiger partial charge in [-0.1, -0.05) is 0 Å². The summed E-state index contributed by atoms with van der Waals surface area (Å²) in [6.45, 7) is 4.45. The Morgan fingerprint density at radius 1 is 1.37 bits per heavy atom. The van der Waals surface area contributed by atoms with Crippen molar-refractivity contribution >= 4 is 21.8 Å². The van der Waals surface area contributed by atoms with Crippen LogP contribution in [0.15, 0.2) is 23.2 Å². The van der Waals surface area contributed by atoms with E-state index in [0.29, 0.717) is 11.7 Å². The van der Waals surface area contributed by atoms with Crippen molar-refractivity contribution in [3.05, 3.63) is 18.3 Å². The summed E-state index contributed by atoms with van der Waals surface area (Å²) in [6.07, 6.45) is 5.50. The molecule has 1 aromatic heterocycles. The van der Waals surface area contributed by atoms with Crippen molar-refractivity contribution < 1.29 is 18.3 Å². The molecule has 150 valence electrons. The highest BCUT2D eigenvalue weighted by molar-refractivity contribution is 7.89. The predicted octanol–water partition coefficient (Wildman–Crippen LogP) is 1.51. The number of carbonyl (C=O) groups is 1. The van der Waals surface area contributed by atoms with E-state index in [4.69, 9.17) is 5.11 Å². The molecule has 2 aliphatic carbocycles. The third kappa shape index (κ3) is 5.40. The lowest BCUT2D eigenvalue weighted by atomic mass is 9.85. The van der Waals surface area contributed by atoms with E-state index in [2.05, 4.69) is 19.9 Å². The molecule has 0 spiro atoms. The topological polar surface area (TPSA) is 112 Å². The van der Waals surface area contributed by atoms with Crippen LogP contribution in [0.1, 0.15) is 39.5 Å². The Balaban J connectivity index is 1.62.